The molecule has 0 spiro atoms. The first-order valence-electron chi connectivity index (χ1n) is 9.21. The number of aliphatic hydroxyl groups is 1. The maximum absolute atomic E-state index is 12.4. The summed E-state index contributed by atoms with van der Waals surface area (Å²) in [4.78, 5) is 31.7. The Hall–Kier alpha value is -2.12. The fraction of sp³-hybridized carbons (Fsp3) is 0.526. The number of piperidine rings is 1. The van der Waals surface area contributed by atoms with Gasteiger partial charge in [0.05, 0.1) is 30.4 Å². The van der Waals surface area contributed by atoms with E-state index in [0.717, 1.165) is 17.3 Å². The van der Waals surface area contributed by atoms with E-state index in [1.54, 1.807) is 16.0 Å². The van der Waals surface area contributed by atoms with Crippen LogP contribution < -0.4 is 0 Å². The van der Waals surface area contributed by atoms with Gasteiger partial charge in [0, 0.05) is 43.8 Å². The van der Waals surface area contributed by atoms with Crippen LogP contribution in [-0.4, -0.2) is 68.1 Å². The number of amides is 2. The lowest BCUT2D eigenvalue weighted by molar-refractivity contribution is -0.141. The van der Waals surface area contributed by atoms with Crippen LogP contribution in [0.15, 0.2) is 30.7 Å². The van der Waals surface area contributed by atoms with Crippen molar-refractivity contribution in [2.24, 2.45) is 0 Å². The predicted molar refractivity (Wildman–Crippen MR) is 104 cm³/mol. The maximum Gasteiger partial charge on any atom is 0.242 e. The zero-order chi connectivity index (χ0) is 18.1. The van der Waals surface area contributed by atoms with Gasteiger partial charge in [-0.1, -0.05) is 0 Å². The van der Waals surface area contributed by atoms with E-state index in [4.69, 9.17) is 0 Å². The van der Waals surface area contributed by atoms with Gasteiger partial charge in [-0.05, 0) is 31.4 Å². The predicted octanol–water partition coefficient (Wildman–Crippen LogP) is 1.43. The Bertz CT molecular complexity index is 829. The Morgan fingerprint density at radius 1 is 1.22 bits per heavy atom. The molecule has 0 bridgehead atoms. The van der Waals surface area contributed by atoms with Crippen molar-refractivity contribution >= 4 is 35.1 Å². The molecule has 2 amide bonds. The van der Waals surface area contributed by atoms with Crippen LogP contribution in [0, 0.1) is 0 Å². The third-order valence-corrected chi connectivity index (χ3v) is 5.59. The smallest absolute Gasteiger partial charge is 0.242 e. The van der Waals surface area contributed by atoms with Gasteiger partial charge in [0.25, 0.3) is 0 Å². The van der Waals surface area contributed by atoms with Gasteiger partial charge < -0.3 is 19.5 Å². The van der Waals surface area contributed by atoms with Crippen LogP contribution in [0.3, 0.4) is 0 Å². The zero-order valence-corrected chi connectivity index (χ0v) is 16.0. The molecule has 0 unspecified atom stereocenters. The molecule has 27 heavy (non-hydrogen) atoms. The van der Waals surface area contributed by atoms with Gasteiger partial charge in [0.1, 0.15) is 0 Å². The number of hydrogen-bond donors (Lipinski definition) is 1. The van der Waals surface area contributed by atoms with Crippen LogP contribution in [0.5, 0.6) is 0 Å². The SMILES string of the molecule is Cl.O=C(CN1CCCC1=O)N1CCC(O)(Cn2ccc3ccncc32)CC1. The minimum absolute atomic E-state index is 0. The van der Waals surface area contributed by atoms with Gasteiger partial charge in [-0.25, -0.2) is 0 Å². The molecule has 8 heteroatoms. The Morgan fingerprint density at radius 3 is 2.70 bits per heavy atom. The molecular weight excluding hydrogens is 368 g/mol. The first kappa shape index (κ1) is 19.6. The quantitative estimate of drug-likeness (QED) is 0.853. The molecule has 2 aliphatic rings. The summed E-state index contributed by atoms with van der Waals surface area (Å²) < 4.78 is 2.03. The molecule has 0 aliphatic carbocycles. The van der Waals surface area contributed by atoms with Crippen molar-refractivity contribution in [3.63, 3.8) is 0 Å². The molecule has 0 atom stereocenters. The van der Waals surface area contributed by atoms with Gasteiger partial charge in [0.15, 0.2) is 0 Å². The number of carbonyl (C=O) groups is 2. The number of aromatic nitrogens is 2. The Balaban J connectivity index is 0.00000210. The van der Waals surface area contributed by atoms with Crippen molar-refractivity contribution < 1.29 is 14.7 Å². The van der Waals surface area contributed by atoms with E-state index >= 15 is 0 Å². The number of rotatable bonds is 4. The van der Waals surface area contributed by atoms with Crippen molar-refractivity contribution in [1.29, 1.82) is 0 Å². The summed E-state index contributed by atoms with van der Waals surface area (Å²) in [6, 6.07) is 3.98. The first-order chi connectivity index (χ1) is 12.5. The summed E-state index contributed by atoms with van der Waals surface area (Å²) in [7, 11) is 0. The van der Waals surface area contributed by atoms with E-state index in [0.29, 0.717) is 45.4 Å². The lowest BCUT2D eigenvalue weighted by Crippen LogP contribution is -2.50. The van der Waals surface area contributed by atoms with Gasteiger partial charge in [-0.15, -0.1) is 12.4 Å². The highest BCUT2D eigenvalue weighted by Crippen LogP contribution is 2.26. The van der Waals surface area contributed by atoms with Crippen molar-refractivity contribution in [1.82, 2.24) is 19.4 Å². The molecule has 0 aromatic carbocycles. The lowest BCUT2D eigenvalue weighted by atomic mass is 9.91. The highest BCUT2D eigenvalue weighted by Gasteiger charge is 2.35. The fourth-order valence-electron chi connectivity index (χ4n) is 3.95. The number of carbonyl (C=O) groups excluding carboxylic acids is 2. The Morgan fingerprint density at radius 2 is 2.00 bits per heavy atom. The minimum atomic E-state index is -0.831. The second-order valence-electron chi connectivity index (χ2n) is 7.40. The molecule has 2 saturated heterocycles. The third kappa shape index (κ3) is 4.09. The standard InChI is InChI=1S/C19H24N4O3.ClH/c24-17-2-1-8-22(17)13-18(25)21-10-5-19(26,6-11-21)14-23-9-4-15-3-7-20-12-16(15)23;/h3-4,7,9,12,26H,1-2,5-6,8,10-11,13-14H2;1H. The van der Waals surface area contributed by atoms with E-state index in [1.165, 1.54) is 0 Å². The van der Waals surface area contributed by atoms with E-state index in [-0.39, 0.29) is 30.8 Å². The molecule has 146 valence electrons. The number of pyridine rings is 1. The molecule has 1 N–H and O–H groups in total. The molecule has 7 nitrogen and oxygen atoms in total. The maximum atomic E-state index is 12.4. The number of likely N-dealkylation sites (tertiary alicyclic amines) is 2. The average Bonchev–Trinajstić information content (AvgIpc) is 3.22. The topological polar surface area (TPSA) is 78.7 Å². The largest absolute Gasteiger partial charge is 0.388 e. The van der Waals surface area contributed by atoms with Gasteiger partial charge >= 0.3 is 0 Å². The van der Waals surface area contributed by atoms with Gasteiger partial charge in [0.2, 0.25) is 11.8 Å². The van der Waals surface area contributed by atoms with Crippen LogP contribution in [0.1, 0.15) is 25.7 Å². The fourth-order valence-corrected chi connectivity index (χ4v) is 3.95. The van der Waals surface area contributed by atoms with Gasteiger partial charge in [-0.3, -0.25) is 14.6 Å². The van der Waals surface area contributed by atoms with Crippen LogP contribution in [-0.2, 0) is 16.1 Å². The van der Waals surface area contributed by atoms with Crippen molar-refractivity contribution in [2.45, 2.75) is 37.8 Å². The summed E-state index contributed by atoms with van der Waals surface area (Å²) in [5, 5.41) is 12.1. The third-order valence-electron chi connectivity index (χ3n) is 5.59. The molecule has 4 heterocycles. The molecule has 2 aromatic heterocycles. The summed E-state index contributed by atoms with van der Waals surface area (Å²) in [6.45, 7) is 2.39. The number of halogens is 1. The van der Waals surface area contributed by atoms with Crippen LogP contribution in [0.25, 0.3) is 10.9 Å². The summed E-state index contributed by atoms with van der Waals surface area (Å²) in [5.74, 6) is 0.0536. The van der Waals surface area contributed by atoms with E-state index in [9.17, 15) is 14.7 Å². The summed E-state index contributed by atoms with van der Waals surface area (Å²) in [5.41, 5.74) is 0.175. The monoisotopic (exact) mass is 392 g/mol. The molecular formula is C19H25ClN4O3. The average molecular weight is 393 g/mol. The van der Waals surface area contributed by atoms with E-state index < -0.39 is 5.60 Å². The van der Waals surface area contributed by atoms with Crippen molar-refractivity contribution in [3.8, 4) is 0 Å². The molecule has 4 rings (SSSR count). The van der Waals surface area contributed by atoms with Gasteiger partial charge in [-0.2, -0.15) is 0 Å². The first-order valence-corrected chi connectivity index (χ1v) is 9.21. The second-order valence-corrected chi connectivity index (χ2v) is 7.40. The Labute approximate surface area is 164 Å². The lowest BCUT2D eigenvalue weighted by Gasteiger charge is -2.39. The zero-order valence-electron chi connectivity index (χ0n) is 15.2. The second kappa shape index (κ2) is 7.86. The normalized spacial score (nSPS) is 19.4. The molecule has 2 aliphatic heterocycles. The van der Waals surface area contributed by atoms with Crippen LogP contribution in [0.2, 0.25) is 0 Å². The van der Waals surface area contributed by atoms with Crippen LogP contribution >= 0.6 is 12.4 Å². The van der Waals surface area contributed by atoms with E-state index in [1.807, 2.05) is 29.1 Å². The van der Waals surface area contributed by atoms with Crippen LogP contribution in [0.4, 0.5) is 0 Å². The van der Waals surface area contributed by atoms with E-state index in [2.05, 4.69) is 4.98 Å². The molecule has 0 saturated carbocycles. The molecule has 2 fully saturated rings. The molecule has 0 radical (unpaired) electrons. The molecule has 2 aromatic rings. The highest BCUT2D eigenvalue weighted by atomic mass is 35.5. The summed E-state index contributed by atoms with van der Waals surface area (Å²) >= 11 is 0. The summed E-state index contributed by atoms with van der Waals surface area (Å²) in [6.07, 6.45) is 8.00. The van der Waals surface area contributed by atoms with Crippen molar-refractivity contribution in [2.75, 3.05) is 26.2 Å². The highest BCUT2D eigenvalue weighted by molar-refractivity contribution is 5.86. The number of nitrogens with zero attached hydrogens (tertiary/aromatic N) is 4. The van der Waals surface area contributed by atoms with Crippen molar-refractivity contribution in [3.05, 3.63) is 30.7 Å². The minimum Gasteiger partial charge on any atom is -0.388 e. The number of hydrogen-bond acceptors (Lipinski definition) is 4. The Kier molecular flexibility index (Phi) is 5.72. The number of fused-ring (bicyclic) bond motifs is 1.